The molecule has 6 aromatic rings. The number of benzene rings is 4. The van der Waals surface area contributed by atoms with Crippen LogP contribution in [0.2, 0.25) is 0 Å². The summed E-state index contributed by atoms with van der Waals surface area (Å²) in [5.74, 6) is -1.20. The van der Waals surface area contributed by atoms with Crippen molar-refractivity contribution >= 4 is 17.9 Å². The fourth-order valence-corrected chi connectivity index (χ4v) is 10.3. The lowest BCUT2D eigenvalue weighted by molar-refractivity contribution is 0.0216. The molecule has 0 saturated heterocycles. The normalized spacial score (nSPS) is 22.6. The van der Waals surface area contributed by atoms with Gasteiger partial charge in [-0.3, -0.25) is 4.79 Å². The number of hydrogen-bond acceptors (Lipinski definition) is 4. The number of aliphatic hydroxyl groups excluding tert-OH is 1. The first-order chi connectivity index (χ1) is 28.9. The lowest BCUT2D eigenvalue weighted by Crippen LogP contribution is -2.41. The molecule has 2 fully saturated rings. The van der Waals surface area contributed by atoms with Gasteiger partial charge in [-0.15, -0.1) is 0 Å². The number of allylic oxidation sites excluding steroid dienone is 2. The van der Waals surface area contributed by atoms with Gasteiger partial charge in [0.15, 0.2) is 5.78 Å². The number of hydrogen-bond donors (Lipinski definition) is 1. The molecule has 10 rings (SSSR count). The molecule has 2 aromatic heterocycles. The Balaban J connectivity index is 0.000000181. The third kappa shape index (κ3) is 8.01. The number of aromatic nitrogens is 4. The minimum Gasteiger partial charge on any atom is -0.388 e. The van der Waals surface area contributed by atoms with Gasteiger partial charge in [0.25, 0.3) is 0 Å². The molecule has 0 radical (unpaired) electrons. The maximum absolute atomic E-state index is 13.3. The zero-order valence-electron chi connectivity index (χ0n) is 33.6. The molecule has 2 saturated carbocycles. The smallest absolute Gasteiger partial charge is 0.166 e. The maximum atomic E-state index is 13.3. The fourth-order valence-electron chi connectivity index (χ4n) is 10.3. The van der Waals surface area contributed by atoms with Crippen LogP contribution in [0.3, 0.4) is 0 Å². The Hall–Kier alpha value is -5.87. The predicted molar refractivity (Wildman–Crippen MR) is 237 cm³/mol. The molecule has 1 N–H and O–H groups in total. The van der Waals surface area contributed by atoms with Gasteiger partial charge < -0.3 is 5.11 Å². The second kappa shape index (κ2) is 17.5. The average Bonchev–Trinajstić information content (AvgIpc) is 3.85. The molecule has 0 unspecified atom stereocenters. The number of carbonyl (C=O) groups excluding carboxylic acids is 1. The van der Waals surface area contributed by atoms with Crippen molar-refractivity contribution in [1.82, 2.24) is 19.6 Å². The van der Waals surface area contributed by atoms with Gasteiger partial charge in [-0.1, -0.05) is 52.0 Å². The number of rotatable bonds is 6. The van der Waals surface area contributed by atoms with E-state index in [0.717, 1.165) is 90.8 Å². The summed E-state index contributed by atoms with van der Waals surface area (Å²) in [6.07, 6.45) is 14.6. The first-order valence-electron chi connectivity index (χ1n) is 20.7. The number of halogens is 4. The molecule has 2 heterocycles. The quantitative estimate of drug-likeness (QED) is 0.134. The van der Waals surface area contributed by atoms with Crippen LogP contribution in [0.5, 0.6) is 0 Å². The molecule has 62 heavy (non-hydrogen) atoms. The van der Waals surface area contributed by atoms with Crippen molar-refractivity contribution in [1.29, 1.82) is 0 Å². The number of fused-ring (bicyclic) bond motifs is 4. The largest absolute Gasteiger partial charge is 0.388 e. The van der Waals surface area contributed by atoms with Crippen molar-refractivity contribution in [2.75, 3.05) is 0 Å². The number of aliphatic hydroxyl groups is 1. The lowest BCUT2D eigenvalue weighted by atomic mass is 9.57. The zero-order chi connectivity index (χ0) is 41.8. The van der Waals surface area contributed by atoms with Crippen LogP contribution in [0.1, 0.15) is 112 Å². The van der Waals surface area contributed by atoms with Crippen LogP contribution in [0, 0.1) is 45.9 Å². The Labute approximate surface area is 361 Å². The molecule has 0 aliphatic heterocycles. The molecule has 10 heteroatoms. The Kier molecular flexibility index (Phi) is 12.5. The van der Waals surface area contributed by atoms with E-state index in [2.05, 4.69) is 36.2 Å². The molecule has 5 atom stereocenters. The van der Waals surface area contributed by atoms with Gasteiger partial charge in [0.05, 0.1) is 41.3 Å². The first kappa shape index (κ1) is 44.2. The van der Waals surface area contributed by atoms with Crippen molar-refractivity contribution in [3.8, 4) is 11.4 Å². The Morgan fingerprint density at radius 1 is 0.629 bits per heavy atom. The summed E-state index contributed by atoms with van der Waals surface area (Å²) in [5, 5.41) is 20.3. The van der Waals surface area contributed by atoms with Crippen molar-refractivity contribution in [2.24, 2.45) is 22.7 Å². The van der Waals surface area contributed by atoms with Gasteiger partial charge in [-0.25, -0.2) is 26.9 Å². The van der Waals surface area contributed by atoms with Crippen LogP contribution < -0.4 is 0 Å². The summed E-state index contributed by atoms with van der Waals surface area (Å²) in [5.41, 5.74) is 9.33. The van der Waals surface area contributed by atoms with Crippen LogP contribution >= 0.6 is 0 Å². The van der Waals surface area contributed by atoms with E-state index in [1.54, 1.807) is 48.5 Å². The second-order valence-corrected chi connectivity index (χ2v) is 17.2. The highest BCUT2D eigenvalue weighted by atomic mass is 19.1. The van der Waals surface area contributed by atoms with Gasteiger partial charge in [0, 0.05) is 16.9 Å². The van der Waals surface area contributed by atoms with Crippen molar-refractivity contribution in [3.05, 3.63) is 178 Å². The lowest BCUT2D eigenvalue weighted by Gasteiger charge is -2.47. The fraction of sp³-hybridized carbons (Fsp3) is 0.327. The van der Waals surface area contributed by atoms with Crippen molar-refractivity contribution in [3.63, 3.8) is 0 Å². The summed E-state index contributed by atoms with van der Waals surface area (Å²) in [6.45, 7) is 4.40. The summed E-state index contributed by atoms with van der Waals surface area (Å²) in [7, 11) is 0. The van der Waals surface area contributed by atoms with E-state index in [9.17, 15) is 27.5 Å². The molecule has 6 nitrogen and oxygen atoms in total. The van der Waals surface area contributed by atoms with Gasteiger partial charge in [-0.05, 0) is 176 Å². The second-order valence-electron chi connectivity index (χ2n) is 17.2. The summed E-state index contributed by atoms with van der Waals surface area (Å²) < 4.78 is 57.0. The van der Waals surface area contributed by atoms with Crippen molar-refractivity contribution in [2.45, 2.75) is 86.2 Å². The SMILES string of the molecule is C.C.C[C@]12Cc3cnn(-c4ccc(F)cc4)c3C=C1CCC[C@@H]2C(=O)c1ccc(F)cc1.C[C@]12Cc3cnn(-c4ccc(F)cc4)c3C=C1CCC[C@@H]2[C@H](O)c1ccc(F)cc1. The van der Waals surface area contributed by atoms with Crippen LogP contribution in [-0.2, 0) is 12.8 Å². The van der Waals surface area contributed by atoms with Gasteiger partial charge in [0.1, 0.15) is 23.3 Å². The monoisotopic (exact) mass is 842 g/mol. The third-order valence-electron chi connectivity index (χ3n) is 13.6. The molecule has 0 amide bonds. The predicted octanol–water partition coefficient (Wildman–Crippen LogP) is 12.7. The number of ketones is 1. The molecular weight excluding hydrogens is 789 g/mol. The van der Waals surface area contributed by atoms with E-state index in [0.29, 0.717) is 5.56 Å². The standard InChI is InChI=1S/C25H24F2N2O.C25H22F2N2O.2CH4/c2*1-25-14-17-15-28-29(21-11-9-20(27)10-12-21)23(17)13-18(25)3-2-4-22(25)24(30)16-5-7-19(26)8-6-16;;/h5-13,15,22,24,30H,2-4,14H2,1H3;5-13,15,22H,2-4,14H2,1H3;2*1H4/t22-,24-,25+;22-,25+;;/m11../s1. The molecule has 4 aliphatic rings. The molecule has 4 aliphatic carbocycles. The molecule has 322 valence electrons. The van der Waals surface area contributed by atoms with E-state index < -0.39 is 6.10 Å². The summed E-state index contributed by atoms with van der Waals surface area (Å²) in [6, 6.07) is 24.7. The van der Waals surface area contributed by atoms with E-state index in [1.807, 2.05) is 21.8 Å². The maximum Gasteiger partial charge on any atom is 0.166 e. The summed E-state index contributed by atoms with van der Waals surface area (Å²) in [4.78, 5) is 13.3. The molecular formula is C52H54F4N4O2. The van der Waals surface area contributed by atoms with Crippen molar-refractivity contribution < 1.29 is 27.5 Å². The van der Waals surface area contributed by atoms with Gasteiger partial charge >= 0.3 is 0 Å². The molecule has 4 aromatic carbocycles. The zero-order valence-corrected chi connectivity index (χ0v) is 33.6. The highest BCUT2D eigenvalue weighted by molar-refractivity contribution is 5.99. The number of nitrogens with zero attached hydrogens (tertiary/aromatic N) is 4. The van der Waals surface area contributed by atoms with E-state index in [1.165, 1.54) is 59.7 Å². The minimum atomic E-state index is -0.645. The first-order valence-corrected chi connectivity index (χ1v) is 20.7. The third-order valence-corrected chi connectivity index (χ3v) is 13.6. The van der Waals surface area contributed by atoms with Crippen LogP contribution in [0.4, 0.5) is 17.6 Å². The highest BCUT2D eigenvalue weighted by Gasteiger charge is 2.48. The van der Waals surface area contributed by atoms with Crippen LogP contribution in [0.15, 0.2) is 121 Å². The molecule has 0 spiro atoms. The Bertz CT molecular complexity index is 2610. The van der Waals surface area contributed by atoms with Gasteiger partial charge in [0.2, 0.25) is 0 Å². The van der Waals surface area contributed by atoms with Gasteiger partial charge in [-0.2, -0.15) is 10.2 Å². The van der Waals surface area contributed by atoms with E-state index in [4.69, 9.17) is 0 Å². The van der Waals surface area contributed by atoms with Crippen LogP contribution in [0.25, 0.3) is 23.5 Å². The average molecular weight is 843 g/mol. The topological polar surface area (TPSA) is 72.9 Å². The van der Waals surface area contributed by atoms with E-state index in [-0.39, 0.29) is 66.6 Å². The highest BCUT2D eigenvalue weighted by Crippen LogP contribution is 2.55. The summed E-state index contributed by atoms with van der Waals surface area (Å²) >= 11 is 0. The molecule has 0 bridgehead atoms. The minimum absolute atomic E-state index is 0. The Morgan fingerprint density at radius 2 is 1.05 bits per heavy atom. The number of Topliss-reactive ketones (excluding diaryl/α,β-unsaturated/α-hetero) is 1. The number of carbonyl (C=O) groups is 1. The van der Waals surface area contributed by atoms with E-state index >= 15 is 0 Å². The Morgan fingerprint density at radius 3 is 1.55 bits per heavy atom. The van der Waals surface area contributed by atoms with Crippen LogP contribution in [-0.4, -0.2) is 30.5 Å².